The molecular formula is C16H22N4O. The molecule has 0 aliphatic carbocycles. The number of nitrogens with two attached hydrogens (primary N) is 1. The van der Waals surface area contributed by atoms with Gasteiger partial charge in [-0.15, -0.1) is 0 Å². The maximum Gasteiger partial charge on any atom is 0.272 e. The molecule has 0 radical (unpaired) electrons. The number of piperidine rings is 1. The topological polar surface area (TPSA) is 62.5 Å². The van der Waals surface area contributed by atoms with Gasteiger partial charge >= 0.3 is 0 Å². The summed E-state index contributed by atoms with van der Waals surface area (Å²) in [6.07, 6.45) is 3.79. The van der Waals surface area contributed by atoms with Crippen molar-refractivity contribution in [2.75, 3.05) is 33.7 Å². The SMILES string of the molecule is CN1CCCC(N(C)C(=O)c2ccc(C#CCN)cn2)C1. The first-order valence-corrected chi connectivity index (χ1v) is 7.22. The van der Waals surface area contributed by atoms with Crippen LogP contribution in [-0.4, -0.2) is 60.5 Å². The van der Waals surface area contributed by atoms with Crippen LogP contribution in [0.25, 0.3) is 0 Å². The average Bonchev–Trinajstić information content (AvgIpc) is 2.52. The van der Waals surface area contributed by atoms with E-state index in [1.807, 2.05) is 18.0 Å². The molecular weight excluding hydrogens is 264 g/mol. The second-order valence-corrected chi connectivity index (χ2v) is 5.41. The van der Waals surface area contributed by atoms with Gasteiger partial charge in [0.2, 0.25) is 0 Å². The van der Waals surface area contributed by atoms with Crippen LogP contribution in [0.4, 0.5) is 0 Å². The highest BCUT2D eigenvalue weighted by molar-refractivity contribution is 5.92. The van der Waals surface area contributed by atoms with Gasteiger partial charge in [-0.05, 0) is 38.6 Å². The largest absolute Gasteiger partial charge is 0.336 e. The number of aromatic nitrogens is 1. The normalized spacial score (nSPS) is 18.7. The molecule has 2 N–H and O–H groups in total. The Hall–Kier alpha value is -1.90. The Kier molecular flexibility index (Phi) is 5.32. The number of hydrogen-bond donors (Lipinski definition) is 1. The molecule has 5 nitrogen and oxygen atoms in total. The number of carbonyl (C=O) groups is 1. The van der Waals surface area contributed by atoms with Gasteiger partial charge in [0.25, 0.3) is 5.91 Å². The van der Waals surface area contributed by atoms with Gasteiger partial charge in [-0.3, -0.25) is 4.79 Å². The van der Waals surface area contributed by atoms with Crippen LogP contribution in [0.15, 0.2) is 18.3 Å². The molecule has 1 aliphatic heterocycles. The Bertz CT molecular complexity index is 544. The zero-order valence-electron chi connectivity index (χ0n) is 12.7. The quantitative estimate of drug-likeness (QED) is 0.807. The average molecular weight is 286 g/mol. The van der Waals surface area contributed by atoms with Crippen LogP contribution in [0.2, 0.25) is 0 Å². The summed E-state index contributed by atoms with van der Waals surface area (Å²) in [5.74, 6) is 5.64. The Balaban J connectivity index is 2.05. The van der Waals surface area contributed by atoms with Crippen LogP contribution in [0.1, 0.15) is 28.9 Å². The van der Waals surface area contributed by atoms with Crippen molar-refractivity contribution in [2.24, 2.45) is 5.73 Å². The first-order chi connectivity index (χ1) is 10.1. The molecule has 2 rings (SSSR count). The summed E-state index contributed by atoms with van der Waals surface area (Å²) in [5, 5.41) is 0. The Morgan fingerprint density at radius 2 is 2.38 bits per heavy atom. The van der Waals surface area contributed by atoms with Crippen molar-refractivity contribution in [2.45, 2.75) is 18.9 Å². The summed E-state index contributed by atoms with van der Waals surface area (Å²) in [7, 11) is 3.95. The van der Waals surface area contributed by atoms with E-state index in [9.17, 15) is 4.79 Å². The third-order valence-electron chi connectivity index (χ3n) is 3.79. The molecule has 5 heteroatoms. The minimum absolute atomic E-state index is 0.0337. The number of likely N-dealkylation sites (N-methyl/N-ethyl adjacent to an activating group) is 2. The molecule has 1 aliphatic rings. The van der Waals surface area contributed by atoms with Gasteiger partial charge < -0.3 is 15.5 Å². The van der Waals surface area contributed by atoms with E-state index in [0.29, 0.717) is 12.2 Å². The lowest BCUT2D eigenvalue weighted by Crippen LogP contribution is -2.47. The Morgan fingerprint density at radius 1 is 1.57 bits per heavy atom. The third-order valence-corrected chi connectivity index (χ3v) is 3.79. The van der Waals surface area contributed by atoms with Gasteiger partial charge in [0.1, 0.15) is 5.69 Å². The molecule has 0 bridgehead atoms. The minimum Gasteiger partial charge on any atom is -0.336 e. The van der Waals surface area contributed by atoms with E-state index >= 15 is 0 Å². The van der Waals surface area contributed by atoms with Gasteiger partial charge in [-0.25, -0.2) is 4.98 Å². The molecule has 2 heterocycles. The van der Waals surface area contributed by atoms with Crippen molar-refractivity contribution in [1.82, 2.24) is 14.8 Å². The monoisotopic (exact) mass is 286 g/mol. The van der Waals surface area contributed by atoms with Gasteiger partial charge in [0, 0.05) is 31.4 Å². The summed E-state index contributed by atoms with van der Waals surface area (Å²) < 4.78 is 0. The van der Waals surface area contributed by atoms with E-state index in [2.05, 4.69) is 28.8 Å². The molecule has 0 spiro atoms. The molecule has 1 aromatic rings. The summed E-state index contributed by atoms with van der Waals surface area (Å²) >= 11 is 0. The molecule has 1 atom stereocenters. The number of amides is 1. The molecule has 21 heavy (non-hydrogen) atoms. The van der Waals surface area contributed by atoms with Gasteiger partial charge in [0.15, 0.2) is 0 Å². The van der Waals surface area contributed by atoms with Crippen LogP contribution >= 0.6 is 0 Å². The number of pyridine rings is 1. The van der Waals surface area contributed by atoms with Crippen molar-refractivity contribution in [1.29, 1.82) is 0 Å². The van der Waals surface area contributed by atoms with Crippen LogP contribution in [0.3, 0.4) is 0 Å². The molecule has 1 amide bonds. The molecule has 1 unspecified atom stereocenters. The molecule has 112 valence electrons. The first-order valence-electron chi connectivity index (χ1n) is 7.22. The van der Waals surface area contributed by atoms with Gasteiger partial charge in [0.05, 0.1) is 6.54 Å². The van der Waals surface area contributed by atoms with E-state index in [-0.39, 0.29) is 11.9 Å². The van der Waals surface area contributed by atoms with E-state index in [0.717, 1.165) is 31.5 Å². The number of nitrogens with zero attached hydrogens (tertiary/aromatic N) is 3. The zero-order chi connectivity index (χ0) is 15.2. The first kappa shape index (κ1) is 15.5. The second kappa shape index (κ2) is 7.21. The number of rotatable bonds is 2. The lowest BCUT2D eigenvalue weighted by atomic mass is 10.0. The molecule has 1 saturated heterocycles. The maximum atomic E-state index is 12.5. The predicted octanol–water partition coefficient (Wildman–Crippen LogP) is 0.558. The van der Waals surface area contributed by atoms with Crippen LogP contribution in [-0.2, 0) is 0 Å². The van der Waals surface area contributed by atoms with Crippen molar-refractivity contribution >= 4 is 5.91 Å². The number of likely N-dealkylation sites (tertiary alicyclic amines) is 1. The van der Waals surface area contributed by atoms with Gasteiger partial charge in [-0.2, -0.15) is 0 Å². The standard InChI is InChI=1S/C16H22N4O/c1-19-10-4-6-14(12-19)20(2)16(21)15-8-7-13(11-18-15)5-3-9-17/h7-8,11,14H,4,6,9-10,12,17H2,1-2H3. The number of carbonyl (C=O) groups excluding carboxylic acids is 1. The summed E-state index contributed by atoms with van der Waals surface area (Å²) in [4.78, 5) is 20.8. The molecule has 0 saturated carbocycles. The summed E-state index contributed by atoms with van der Waals surface area (Å²) in [5.41, 5.74) is 6.57. The fourth-order valence-corrected chi connectivity index (χ4v) is 2.55. The van der Waals surface area contributed by atoms with Crippen LogP contribution in [0.5, 0.6) is 0 Å². The van der Waals surface area contributed by atoms with Crippen molar-refractivity contribution in [3.8, 4) is 11.8 Å². The highest BCUT2D eigenvalue weighted by Gasteiger charge is 2.25. The van der Waals surface area contributed by atoms with E-state index < -0.39 is 0 Å². The van der Waals surface area contributed by atoms with E-state index in [4.69, 9.17) is 5.73 Å². The van der Waals surface area contributed by atoms with Crippen LogP contribution < -0.4 is 5.73 Å². The number of hydrogen-bond acceptors (Lipinski definition) is 4. The van der Waals surface area contributed by atoms with Crippen molar-refractivity contribution in [3.05, 3.63) is 29.6 Å². The van der Waals surface area contributed by atoms with E-state index in [1.54, 1.807) is 12.3 Å². The Labute approximate surface area is 126 Å². The van der Waals surface area contributed by atoms with Crippen LogP contribution in [0, 0.1) is 11.8 Å². The molecule has 0 aromatic carbocycles. The fraction of sp³-hybridized carbons (Fsp3) is 0.500. The molecule has 1 aromatic heterocycles. The third kappa shape index (κ3) is 4.03. The van der Waals surface area contributed by atoms with Gasteiger partial charge in [-0.1, -0.05) is 11.8 Å². The zero-order valence-corrected chi connectivity index (χ0v) is 12.7. The predicted molar refractivity (Wildman–Crippen MR) is 82.8 cm³/mol. The Morgan fingerprint density at radius 3 is 3.00 bits per heavy atom. The summed E-state index contributed by atoms with van der Waals surface area (Å²) in [6.45, 7) is 2.34. The lowest BCUT2D eigenvalue weighted by Gasteiger charge is -2.35. The fourth-order valence-electron chi connectivity index (χ4n) is 2.55. The van der Waals surface area contributed by atoms with Crippen molar-refractivity contribution in [3.63, 3.8) is 0 Å². The smallest absolute Gasteiger partial charge is 0.272 e. The minimum atomic E-state index is -0.0337. The maximum absolute atomic E-state index is 12.5. The highest BCUT2D eigenvalue weighted by Crippen LogP contribution is 2.15. The highest BCUT2D eigenvalue weighted by atomic mass is 16.2. The summed E-state index contributed by atoms with van der Waals surface area (Å²) in [6, 6.07) is 3.80. The van der Waals surface area contributed by atoms with Crippen molar-refractivity contribution < 1.29 is 4.79 Å². The molecule has 1 fully saturated rings. The second-order valence-electron chi connectivity index (χ2n) is 5.41. The lowest BCUT2D eigenvalue weighted by molar-refractivity contribution is 0.0638. The van der Waals surface area contributed by atoms with E-state index in [1.165, 1.54) is 0 Å².